The zero-order chi connectivity index (χ0) is 17.5. The van der Waals surface area contributed by atoms with Crippen LogP contribution < -0.4 is 5.32 Å². The first-order chi connectivity index (χ1) is 12.2. The van der Waals surface area contributed by atoms with E-state index in [0.717, 1.165) is 38.9 Å². The molecular formula is C19H27N3O3. The highest BCUT2D eigenvalue weighted by Crippen LogP contribution is 2.12. The fourth-order valence-corrected chi connectivity index (χ4v) is 3.33. The number of hydrogen-bond acceptors (Lipinski definition) is 4. The highest BCUT2D eigenvalue weighted by molar-refractivity contribution is 5.87. The molecule has 1 atom stereocenters. The third-order valence-corrected chi connectivity index (χ3v) is 4.86. The van der Waals surface area contributed by atoms with Crippen molar-refractivity contribution < 1.29 is 14.3 Å². The molecule has 6 nitrogen and oxygen atoms in total. The lowest BCUT2D eigenvalue weighted by Crippen LogP contribution is -2.51. The van der Waals surface area contributed by atoms with E-state index in [-0.39, 0.29) is 24.5 Å². The standard InChI is InChI=1S/C19H27N3O3/c23-18(14-20-19(24)17-8-4-5-13-25-17)22-11-9-21(10-12-22)15-16-6-2-1-3-7-16/h1-3,6-7,17H,4-5,8-15H2,(H,20,24). The number of amides is 2. The zero-order valence-corrected chi connectivity index (χ0v) is 14.7. The fourth-order valence-electron chi connectivity index (χ4n) is 3.33. The van der Waals surface area contributed by atoms with E-state index in [1.807, 2.05) is 23.1 Å². The number of carbonyl (C=O) groups excluding carboxylic acids is 2. The molecule has 3 rings (SSSR count). The Balaban J connectivity index is 1.37. The van der Waals surface area contributed by atoms with Crippen LogP contribution in [0.4, 0.5) is 0 Å². The van der Waals surface area contributed by atoms with Crippen molar-refractivity contribution in [3.05, 3.63) is 35.9 Å². The van der Waals surface area contributed by atoms with Gasteiger partial charge in [0.25, 0.3) is 0 Å². The van der Waals surface area contributed by atoms with E-state index >= 15 is 0 Å². The largest absolute Gasteiger partial charge is 0.368 e. The van der Waals surface area contributed by atoms with Crippen LogP contribution >= 0.6 is 0 Å². The highest BCUT2D eigenvalue weighted by Gasteiger charge is 2.24. The predicted octanol–water partition coefficient (Wildman–Crippen LogP) is 1.02. The van der Waals surface area contributed by atoms with Crippen LogP contribution in [0, 0.1) is 0 Å². The van der Waals surface area contributed by atoms with Gasteiger partial charge in [-0.25, -0.2) is 0 Å². The van der Waals surface area contributed by atoms with Gasteiger partial charge in [-0.2, -0.15) is 0 Å². The van der Waals surface area contributed by atoms with E-state index in [2.05, 4.69) is 22.3 Å². The van der Waals surface area contributed by atoms with E-state index in [1.54, 1.807) is 0 Å². The minimum atomic E-state index is -0.385. The molecule has 0 aromatic heterocycles. The van der Waals surface area contributed by atoms with Crippen molar-refractivity contribution in [1.29, 1.82) is 0 Å². The second kappa shape index (κ2) is 8.97. The smallest absolute Gasteiger partial charge is 0.249 e. The van der Waals surface area contributed by atoms with Crippen LogP contribution in [-0.2, 0) is 20.9 Å². The molecule has 1 aromatic carbocycles. The number of benzene rings is 1. The Bertz CT molecular complexity index is 565. The van der Waals surface area contributed by atoms with Gasteiger partial charge in [-0.3, -0.25) is 14.5 Å². The molecule has 1 aromatic rings. The molecule has 2 heterocycles. The van der Waals surface area contributed by atoms with Crippen molar-refractivity contribution in [2.45, 2.75) is 31.9 Å². The molecule has 2 aliphatic rings. The summed E-state index contributed by atoms with van der Waals surface area (Å²) in [6.07, 6.45) is 2.38. The van der Waals surface area contributed by atoms with Gasteiger partial charge in [0.2, 0.25) is 11.8 Å². The SMILES string of the molecule is O=C(NCC(=O)N1CCN(Cc2ccccc2)CC1)C1CCCCO1. The van der Waals surface area contributed by atoms with E-state index in [0.29, 0.717) is 19.7 Å². The molecule has 0 bridgehead atoms. The van der Waals surface area contributed by atoms with Crippen molar-refractivity contribution >= 4 is 11.8 Å². The second-order valence-electron chi connectivity index (χ2n) is 6.72. The number of rotatable bonds is 5. The van der Waals surface area contributed by atoms with Gasteiger partial charge in [0, 0.05) is 39.3 Å². The molecule has 2 saturated heterocycles. The molecular weight excluding hydrogens is 318 g/mol. The van der Waals surface area contributed by atoms with Crippen molar-refractivity contribution in [2.75, 3.05) is 39.3 Å². The maximum absolute atomic E-state index is 12.3. The van der Waals surface area contributed by atoms with Crippen molar-refractivity contribution in [3.63, 3.8) is 0 Å². The summed E-state index contributed by atoms with van der Waals surface area (Å²) in [6, 6.07) is 10.4. The van der Waals surface area contributed by atoms with E-state index in [1.165, 1.54) is 5.56 Å². The summed E-state index contributed by atoms with van der Waals surface area (Å²) in [6.45, 7) is 4.76. The molecule has 0 aliphatic carbocycles. The Morgan fingerprint density at radius 2 is 1.84 bits per heavy atom. The maximum Gasteiger partial charge on any atom is 0.249 e. The second-order valence-corrected chi connectivity index (χ2v) is 6.72. The lowest BCUT2D eigenvalue weighted by molar-refractivity contribution is -0.139. The highest BCUT2D eigenvalue weighted by atomic mass is 16.5. The summed E-state index contributed by atoms with van der Waals surface area (Å²) in [5.74, 6) is -0.167. The first-order valence-corrected chi connectivity index (χ1v) is 9.16. The Kier molecular flexibility index (Phi) is 6.42. The number of nitrogens with one attached hydrogen (secondary N) is 1. The Labute approximate surface area is 149 Å². The fraction of sp³-hybridized carbons (Fsp3) is 0.579. The van der Waals surface area contributed by atoms with Crippen molar-refractivity contribution in [1.82, 2.24) is 15.1 Å². The third kappa shape index (κ3) is 5.28. The van der Waals surface area contributed by atoms with E-state index in [4.69, 9.17) is 4.74 Å². The summed E-state index contributed by atoms with van der Waals surface area (Å²) in [5, 5.41) is 2.73. The maximum atomic E-state index is 12.3. The number of piperazine rings is 1. The average molecular weight is 345 g/mol. The third-order valence-electron chi connectivity index (χ3n) is 4.86. The van der Waals surface area contributed by atoms with Crippen LogP contribution in [0.25, 0.3) is 0 Å². The molecule has 2 amide bonds. The van der Waals surface area contributed by atoms with Crippen LogP contribution in [0.15, 0.2) is 30.3 Å². The molecule has 0 spiro atoms. The normalized spacial score (nSPS) is 21.8. The summed E-state index contributed by atoms with van der Waals surface area (Å²) in [4.78, 5) is 28.5. The molecule has 25 heavy (non-hydrogen) atoms. The average Bonchev–Trinajstić information content (AvgIpc) is 2.68. The van der Waals surface area contributed by atoms with Gasteiger partial charge in [-0.1, -0.05) is 30.3 Å². The van der Waals surface area contributed by atoms with Gasteiger partial charge in [-0.15, -0.1) is 0 Å². The molecule has 0 saturated carbocycles. The van der Waals surface area contributed by atoms with Crippen LogP contribution in [-0.4, -0.2) is 67.0 Å². The van der Waals surface area contributed by atoms with Gasteiger partial charge in [0.05, 0.1) is 6.54 Å². The summed E-state index contributed by atoms with van der Waals surface area (Å²) >= 11 is 0. The predicted molar refractivity (Wildman–Crippen MR) is 94.9 cm³/mol. The van der Waals surface area contributed by atoms with Crippen molar-refractivity contribution in [3.8, 4) is 0 Å². The first-order valence-electron chi connectivity index (χ1n) is 9.16. The van der Waals surface area contributed by atoms with E-state index in [9.17, 15) is 9.59 Å². The molecule has 1 unspecified atom stereocenters. The lowest BCUT2D eigenvalue weighted by Gasteiger charge is -2.35. The van der Waals surface area contributed by atoms with Crippen molar-refractivity contribution in [2.24, 2.45) is 0 Å². The van der Waals surface area contributed by atoms with Gasteiger partial charge in [0.1, 0.15) is 6.10 Å². The number of ether oxygens (including phenoxy) is 1. The lowest BCUT2D eigenvalue weighted by atomic mass is 10.1. The first kappa shape index (κ1) is 17.9. The number of nitrogens with zero attached hydrogens (tertiary/aromatic N) is 2. The molecule has 6 heteroatoms. The Hall–Kier alpha value is -1.92. The summed E-state index contributed by atoms with van der Waals surface area (Å²) in [7, 11) is 0. The van der Waals surface area contributed by atoms with Gasteiger partial charge in [0.15, 0.2) is 0 Å². The van der Waals surface area contributed by atoms with Gasteiger partial charge >= 0.3 is 0 Å². The number of carbonyl (C=O) groups is 2. The van der Waals surface area contributed by atoms with Crippen LogP contribution in [0.1, 0.15) is 24.8 Å². The van der Waals surface area contributed by atoms with Crippen LogP contribution in [0.3, 0.4) is 0 Å². The summed E-state index contributed by atoms with van der Waals surface area (Å²) in [5.41, 5.74) is 1.29. The van der Waals surface area contributed by atoms with Gasteiger partial charge < -0.3 is 15.0 Å². The van der Waals surface area contributed by atoms with Crippen LogP contribution in [0.5, 0.6) is 0 Å². The molecule has 136 valence electrons. The molecule has 1 N–H and O–H groups in total. The quantitative estimate of drug-likeness (QED) is 0.865. The number of hydrogen-bond donors (Lipinski definition) is 1. The molecule has 2 aliphatic heterocycles. The minimum Gasteiger partial charge on any atom is -0.368 e. The molecule has 2 fully saturated rings. The zero-order valence-electron chi connectivity index (χ0n) is 14.7. The monoisotopic (exact) mass is 345 g/mol. The topological polar surface area (TPSA) is 61.9 Å². The molecule has 0 radical (unpaired) electrons. The summed E-state index contributed by atoms with van der Waals surface area (Å²) < 4.78 is 5.44. The minimum absolute atomic E-state index is 0.0106. The van der Waals surface area contributed by atoms with E-state index < -0.39 is 0 Å². The van der Waals surface area contributed by atoms with Gasteiger partial charge in [-0.05, 0) is 24.8 Å². The Morgan fingerprint density at radius 1 is 1.08 bits per heavy atom. The Morgan fingerprint density at radius 3 is 2.52 bits per heavy atom. The van der Waals surface area contributed by atoms with Crippen LogP contribution in [0.2, 0.25) is 0 Å².